The summed E-state index contributed by atoms with van der Waals surface area (Å²) >= 11 is 0. The summed E-state index contributed by atoms with van der Waals surface area (Å²) in [4.78, 5) is 28.3. The van der Waals surface area contributed by atoms with E-state index in [1.165, 1.54) is 4.90 Å². The Morgan fingerprint density at radius 2 is 1.71 bits per heavy atom. The number of nitrogens with one attached hydrogen (secondary N) is 1. The number of ether oxygens (including phenoxy) is 2. The molecule has 0 spiro atoms. The van der Waals surface area contributed by atoms with Gasteiger partial charge in [0.1, 0.15) is 17.3 Å². The second-order valence-corrected chi connectivity index (χ2v) is 11.7. The predicted octanol–water partition coefficient (Wildman–Crippen LogP) is 6.58. The van der Waals surface area contributed by atoms with Gasteiger partial charge in [-0.05, 0) is 100.0 Å². The largest absolute Gasteiger partial charge is 0.497 e. The van der Waals surface area contributed by atoms with Crippen molar-refractivity contribution in [2.45, 2.75) is 39.8 Å². The van der Waals surface area contributed by atoms with E-state index in [0.29, 0.717) is 23.1 Å². The number of hydrogen-bond donors (Lipinski definition) is 2. The van der Waals surface area contributed by atoms with Gasteiger partial charge in [0.15, 0.2) is 0 Å². The molecule has 0 radical (unpaired) electrons. The van der Waals surface area contributed by atoms with Crippen LogP contribution in [0.4, 0.5) is 27.9 Å². The predicted molar refractivity (Wildman–Crippen MR) is 179 cm³/mol. The summed E-state index contributed by atoms with van der Waals surface area (Å²) < 4.78 is 11.3. The molecule has 1 aliphatic heterocycles. The van der Waals surface area contributed by atoms with E-state index < -0.39 is 12.1 Å². The second-order valence-electron chi connectivity index (χ2n) is 11.7. The number of methoxy groups -OCH3 is 2. The van der Waals surface area contributed by atoms with Crippen molar-refractivity contribution in [3.63, 3.8) is 0 Å². The third-order valence-electron chi connectivity index (χ3n) is 8.54. The average Bonchev–Trinajstić information content (AvgIpc) is 3.01. The Labute approximate surface area is 265 Å². The fourth-order valence-electron chi connectivity index (χ4n) is 6.15. The van der Waals surface area contributed by atoms with Crippen LogP contribution < -0.4 is 24.6 Å². The van der Waals surface area contributed by atoms with Gasteiger partial charge in [-0.25, -0.2) is 14.7 Å². The monoisotopic (exact) mass is 610 g/mol. The Balaban J connectivity index is 1.53. The summed E-state index contributed by atoms with van der Waals surface area (Å²) in [6.45, 7) is 11.2. The van der Waals surface area contributed by atoms with E-state index in [4.69, 9.17) is 14.5 Å². The number of carboxylic acid groups (broad SMARTS) is 1. The van der Waals surface area contributed by atoms with E-state index in [0.717, 1.165) is 53.3 Å². The van der Waals surface area contributed by atoms with Gasteiger partial charge < -0.3 is 29.7 Å². The van der Waals surface area contributed by atoms with Gasteiger partial charge in [-0.3, -0.25) is 0 Å². The van der Waals surface area contributed by atoms with Gasteiger partial charge in [0, 0.05) is 48.8 Å². The number of anilines is 4. The van der Waals surface area contributed by atoms with Crippen molar-refractivity contribution in [1.82, 2.24) is 14.9 Å². The number of piperazine rings is 1. The molecule has 1 aliphatic rings. The highest BCUT2D eigenvalue weighted by Crippen LogP contribution is 2.42. The van der Waals surface area contributed by atoms with Crippen LogP contribution in [0.3, 0.4) is 0 Å². The lowest BCUT2D eigenvalue weighted by atomic mass is 9.88. The number of aryl methyl sites for hydroxylation is 3. The van der Waals surface area contributed by atoms with E-state index in [-0.39, 0.29) is 11.8 Å². The summed E-state index contributed by atoms with van der Waals surface area (Å²) in [6.07, 6.45) is 0.398. The minimum absolute atomic E-state index is 0.220. The van der Waals surface area contributed by atoms with Crippen LogP contribution in [0, 0.1) is 20.8 Å². The van der Waals surface area contributed by atoms with Crippen molar-refractivity contribution in [2.24, 2.45) is 0 Å². The summed E-state index contributed by atoms with van der Waals surface area (Å²) in [6, 6.07) is 19.0. The van der Waals surface area contributed by atoms with Crippen LogP contribution in [0.5, 0.6) is 11.5 Å². The van der Waals surface area contributed by atoms with Gasteiger partial charge in [-0.1, -0.05) is 17.7 Å². The van der Waals surface area contributed by atoms with Gasteiger partial charge in [-0.2, -0.15) is 4.98 Å². The number of aromatic nitrogens is 2. The maximum Gasteiger partial charge on any atom is 0.413 e. The summed E-state index contributed by atoms with van der Waals surface area (Å²) in [7, 11) is 5.32. The zero-order valence-electron chi connectivity index (χ0n) is 27.0. The Kier molecular flexibility index (Phi) is 9.43. The Morgan fingerprint density at radius 3 is 2.33 bits per heavy atom. The molecular formula is C35H42N6O4. The third kappa shape index (κ3) is 6.81. The molecule has 10 heteroatoms. The van der Waals surface area contributed by atoms with Crippen molar-refractivity contribution >= 4 is 29.2 Å². The highest BCUT2D eigenvalue weighted by atomic mass is 16.5. The van der Waals surface area contributed by atoms with Crippen LogP contribution in [0.15, 0.2) is 66.9 Å². The smallest absolute Gasteiger partial charge is 0.413 e. The molecule has 0 saturated carbocycles. The number of nitrogens with zero attached hydrogens (tertiary/aromatic N) is 5. The average molecular weight is 611 g/mol. The molecule has 2 N–H and O–H groups in total. The number of likely N-dealkylation sites (N-methyl/N-ethyl adjacent to an activating group) is 1. The molecular weight excluding hydrogens is 568 g/mol. The molecule has 1 aromatic heterocycles. The maximum absolute atomic E-state index is 13.2. The van der Waals surface area contributed by atoms with Crippen LogP contribution in [0.25, 0.3) is 0 Å². The normalized spacial score (nSPS) is 15.8. The first-order chi connectivity index (χ1) is 21.6. The van der Waals surface area contributed by atoms with Gasteiger partial charge in [0.05, 0.1) is 20.3 Å². The molecule has 236 valence electrons. The first kappa shape index (κ1) is 31.6. The molecule has 0 bridgehead atoms. The lowest BCUT2D eigenvalue weighted by Crippen LogP contribution is -2.50. The molecule has 3 aromatic carbocycles. The topological polar surface area (TPSA) is 103 Å². The quantitative estimate of drug-likeness (QED) is 0.218. The zero-order valence-corrected chi connectivity index (χ0v) is 27.0. The highest BCUT2D eigenvalue weighted by Gasteiger charge is 2.34. The van der Waals surface area contributed by atoms with E-state index >= 15 is 0 Å². The summed E-state index contributed by atoms with van der Waals surface area (Å²) in [5, 5.41) is 14.0. The van der Waals surface area contributed by atoms with Crippen LogP contribution in [0.1, 0.15) is 40.8 Å². The first-order valence-electron chi connectivity index (χ1n) is 15.1. The van der Waals surface area contributed by atoms with Crippen LogP contribution >= 0.6 is 0 Å². The number of carbonyl (C=O) groups is 1. The maximum atomic E-state index is 13.2. The van der Waals surface area contributed by atoms with Crippen molar-refractivity contribution in [1.29, 1.82) is 0 Å². The van der Waals surface area contributed by atoms with E-state index in [2.05, 4.69) is 58.3 Å². The van der Waals surface area contributed by atoms with E-state index in [1.807, 2.05) is 39.0 Å². The van der Waals surface area contributed by atoms with E-state index in [1.54, 1.807) is 38.6 Å². The van der Waals surface area contributed by atoms with Gasteiger partial charge >= 0.3 is 6.09 Å². The molecule has 4 aromatic rings. The van der Waals surface area contributed by atoms with Crippen molar-refractivity contribution < 1.29 is 19.4 Å². The minimum atomic E-state index is -1.17. The molecule has 1 saturated heterocycles. The lowest BCUT2D eigenvalue weighted by molar-refractivity contribution is 0.199. The Morgan fingerprint density at radius 1 is 1.00 bits per heavy atom. The third-order valence-corrected chi connectivity index (χ3v) is 8.54. The molecule has 5 rings (SSSR count). The molecule has 1 amide bonds. The molecule has 0 aliphatic carbocycles. The zero-order chi connectivity index (χ0) is 32.2. The molecule has 2 unspecified atom stereocenters. The minimum Gasteiger partial charge on any atom is -0.497 e. The SMILES string of the molecule is COc1ccc(OC)c(C(c2c(C)cc(C)cc2C)N(C(=O)O)c2ccnc(Nc3ccc(N4CCN(C)C(C)C4)cc3)n2)c1. The number of amides is 1. The van der Waals surface area contributed by atoms with Gasteiger partial charge in [0.2, 0.25) is 5.95 Å². The van der Waals surface area contributed by atoms with Gasteiger partial charge in [-0.15, -0.1) is 0 Å². The van der Waals surface area contributed by atoms with Crippen molar-refractivity contribution in [2.75, 3.05) is 56.0 Å². The molecule has 2 atom stereocenters. The Hall–Kier alpha value is -4.83. The molecule has 1 fully saturated rings. The molecule has 45 heavy (non-hydrogen) atoms. The summed E-state index contributed by atoms with van der Waals surface area (Å²) in [5.74, 6) is 1.63. The van der Waals surface area contributed by atoms with Crippen LogP contribution in [-0.2, 0) is 0 Å². The number of benzene rings is 3. The first-order valence-corrected chi connectivity index (χ1v) is 15.1. The molecule has 2 heterocycles. The van der Waals surface area contributed by atoms with Crippen molar-refractivity contribution in [3.05, 3.63) is 94.7 Å². The van der Waals surface area contributed by atoms with Crippen LogP contribution in [0.2, 0.25) is 0 Å². The summed E-state index contributed by atoms with van der Waals surface area (Å²) in [5.41, 5.74) is 6.44. The van der Waals surface area contributed by atoms with Crippen LogP contribution in [-0.4, -0.2) is 73.0 Å². The van der Waals surface area contributed by atoms with Gasteiger partial charge in [0.25, 0.3) is 0 Å². The number of rotatable bonds is 9. The fraction of sp³-hybridized carbons (Fsp3) is 0.343. The molecule has 10 nitrogen and oxygen atoms in total. The highest BCUT2D eigenvalue weighted by molar-refractivity contribution is 5.87. The lowest BCUT2D eigenvalue weighted by Gasteiger charge is -2.39. The van der Waals surface area contributed by atoms with E-state index in [9.17, 15) is 9.90 Å². The fourth-order valence-corrected chi connectivity index (χ4v) is 6.15. The number of hydrogen-bond acceptors (Lipinski definition) is 8. The standard InChI is InChI=1S/C35H42N6O4/c1-22-18-23(2)32(24(3)19-22)33(29-20-28(44-6)12-13-30(29)45-7)41(35(42)43)31-14-15-36-34(38-31)37-26-8-10-27(11-9-26)40-17-16-39(5)25(4)21-40/h8-15,18-20,25,33H,16-17,21H2,1-7H3,(H,42,43)(H,36,37,38). The second kappa shape index (κ2) is 13.4. The van der Waals surface area contributed by atoms with Crippen molar-refractivity contribution in [3.8, 4) is 11.5 Å². The Bertz CT molecular complexity index is 1640.